The Labute approximate surface area is 191 Å². The lowest BCUT2D eigenvalue weighted by atomic mass is 9.93. The first-order valence-corrected chi connectivity index (χ1v) is 10.6. The lowest BCUT2D eigenvalue weighted by molar-refractivity contribution is -0.137. The molecule has 0 radical (unpaired) electrons. The normalized spacial score (nSPS) is 18.0. The van der Waals surface area contributed by atoms with Gasteiger partial charge in [0.15, 0.2) is 5.82 Å². The largest absolute Gasteiger partial charge is 0.417 e. The minimum absolute atomic E-state index is 0.0524. The van der Waals surface area contributed by atoms with E-state index in [9.17, 15) is 26.7 Å². The summed E-state index contributed by atoms with van der Waals surface area (Å²) in [6.45, 7) is -0.178. The number of piperidine rings is 1. The van der Waals surface area contributed by atoms with Crippen LogP contribution in [0.3, 0.4) is 0 Å². The summed E-state index contributed by atoms with van der Waals surface area (Å²) < 4.78 is 66.7. The third-order valence-corrected chi connectivity index (χ3v) is 5.66. The number of rotatable bonds is 5. The van der Waals surface area contributed by atoms with Gasteiger partial charge in [0, 0.05) is 55.9 Å². The van der Waals surface area contributed by atoms with Gasteiger partial charge < -0.3 is 4.90 Å². The first kappa shape index (κ1) is 23.7. The van der Waals surface area contributed by atoms with Crippen molar-refractivity contribution in [1.82, 2.24) is 24.8 Å². The monoisotopic (exact) mass is 477 g/mol. The molecule has 1 amide bonds. The van der Waals surface area contributed by atoms with Gasteiger partial charge in [0.1, 0.15) is 5.69 Å². The number of carbonyl (C=O) groups is 1. The second-order valence-corrected chi connectivity index (χ2v) is 8.01. The van der Waals surface area contributed by atoms with Crippen LogP contribution in [0, 0.1) is 0 Å². The zero-order chi connectivity index (χ0) is 24.3. The quantitative estimate of drug-likeness (QED) is 0.493. The molecular weight excluding hydrogens is 457 g/mol. The standard InChI is InChI=1S/C23H20F5N5O/c24-22(25)8-12-33(17(13-22)7-6-16-5-4-15(14-32-16)23(26,27)28)21(34)19-18(3-1-9-29-19)20-30-10-2-11-31-20/h1-5,9-11,14,17H,6-8,12-13H2. The average molecular weight is 477 g/mol. The van der Waals surface area contributed by atoms with Gasteiger partial charge in [-0.15, -0.1) is 0 Å². The number of amides is 1. The summed E-state index contributed by atoms with van der Waals surface area (Å²) in [5.74, 6) is -3.19. The number of hydrogen-bond donors (Lipinski definition) is 0. The van der Waals surface area contributed by atoms with E-state index >= 15 is 0 Å². The fourth-order valence-electron chi connectivity index (χ4n) is 3.93. The molecule has 0 N–H and O–H groups in total. The maximum atomic E-state index is 14.2. The van der Waals surface area contributed by atoms with Gasteiger partial charge in [-0.05, 0) is 43.2 Å². The number of carbonyl (C=O) groups excluding carboxylic acids is 1. The highest BCUT2D eigenvalue weighted by molar-refractivity contribution is 5.98. The smallest absolute Gasteiger partial charge is 0.334 e. The van der Waals surface area contributed by atoms with Crippen molar-refractivity contribution in [3.8, 4) is 11.4 Å². The Balaban J connectivity index is 1.55. The molecule has 178 valence electrons. The molecule has 0 aromatic carbocycles. The zero-order valence-corrected chi connectivity index (χ0v) is 17.8. The van der Waals surface area contributed by atoms with Crippen LogP contribution in [-0.4, -0.2) is 49.3 Å². The van der Waals surface area contributed by atoms with E-state index in [4.69, 9.17) is 0 Å². The number of nitrogens with zero attached hydrogens (tertiary/aromatic N) is 5. The molecule has 1 fully saturated rings. The average Bonchev–Trinajstić information content (AvgIpc) is 2.82. The van der Waals surface area contributed by atoms with E-state index in [0.29, 0.717) is 17.5 Å². The van der Waals surface area contributed by atoms with Crippen molar-refractivity contribution in [3.05, 3.63) is 72.1 Å². The van der Waals surface area contributed by atoms with Crippen molar-refractivity contribution in [2.75, 3.05) is 6.54 Å². The van der Waals surface area contributed by atoms with Crippen LogP contribution in [0.4, 0.5) is 22.0 Å². The van der Waals surface area contributed by atoms with Crippen LogP contribution in [0.1, 0.15) is 41.0 Å². The zero-order valence-electron chi connectivity index (χ0n) is 17.8. The molecule has 6 nitrogen and oxygen atoms in total. The van der Waals surface area contributed by atoms with E-state index in [2.05, 4.69) is 19.9 Å². The lowest BCUT2D eigenvalue weighted by Crippen LogP contribution is -2.50. The van der Waals surface area contributed by atoms with Crippen LogP contribution >= 0.6 is 0 Å². The van der Waals surface area contributed by atoms with Crippen molar-refractivity contribution < 1.29 is 26.7 Å². The Bertz CT molecular complexity index is 1140. The van der Waals surface area contributed by atoms with Gasteiger partial charge >= 0.3 is 6.18 Å². The molecular formula is C23H20F5N5O. The summed E-state index contributed by atoms with van der Waals surface area (Å²) in [5, 5.41) is 0. The Morgan fingerprint density at radius 1 is 1.03 bits per heavy atom. The molecule has 1 atom stereocenters. The molecule has 0 aliphatic carbocycles. The molecule has 0 spiro atoms. The van der Waals surface area contributed by atoms with Crippen LogP contribution < -0.4 is 0 Å². The van der Waals surface area contributed by atoms with Gasteiger partial charge in [-0.1, -0.05) is 0 Å². The molecule has 1 aliphatic heterocycles. The first-order valence-electron chi connectivity index (χ1n) is 10.6. The minimum atomic E-state index is -4.51. The fraction of sp³-hybridized carbons (Fsp3) is 0.348. The molecule has 3 aromatic rings. The maximum Gasteiger partial charge on any atom is 0.417 e. The van der Waals surface area contributed by atoms with Crippen molar-refractivity contribution in [2.24, 2.45) is 0 Å². The van der Waals surface area contributed by atoms with Crippen molar-refractivity contribution in [2.45, 2.75) is 43.8 Å². The summed E-state index contributed by atoms with van der Waals surface area (Å²) in [4.78, 5) is 31.0. The Morgan fingerprint density at radius 3 is 2.44 bits per heavy atom. The molecule has 1 aliphatic rings. The maximum absolute atomic E-state index is 14.2. The van der Waals surface area contributed by atoms with Gasteiger partial charge in [-0.2, -0.15) is 13.2 Å². The second kappa shape index (κ2) is 9.40. The molecule has 0 saturated carbocycles. The Morgan fingerprint density at radius 2 is 1.76 bits per heavy atom. The number of likely N-dealkylation sites (tertiary alicyclic amines) is 1. The summed E-state index contributed by atoms with van der Waals surface area (Å²) in [6.07, 6.45) is -0.115. The van der Waals surface area contributed by atoms with Gasteiger partial charge in [-0.25, -0.2) is 18.7 Å². The summed E-state index contributed by atoms with van der Waals surface area (Å²) in [7, 11) is 0. The SMILES string of the molecule is O=C(c1ncccc1-c1ncccn1)N1CCC(F)(F)CC1CCc1ccc(C(F)(F)F)cn1. The van der Waals surface area contributed by atoms with Crippen LogP contribution in [0.25, 0.3) is 11.4 Å². The van der Waals surface area contributed by atoms with E-state index in [1.165, 1.54) is 29.6 Å². The Hall–Kier alpha value is -3.50. The Kier molecular flexibility index (Phi) is 6.54. The molecule has 34 heavy (non-hydrogen) atoms. The van der Waals surface area contributed by atoms with E-state index in [-0.39, 0.29) is 30.9 Å². The van der Waals surface area contributed by atoms with Crippen LogP contribution in [0.2, 0.25) is 0 Å². The highest BCUT2D eigenvalue weighted by Crippen LogP contribution is 2.35. The minimum Gasteiger partial charge on any atom is -0.334 e. The van der Waals surface area contributed by atoms with E-state index < -0.39 is 42.5 Å². The van der Waals surface area contributed by atoms with Crippen LogP contribution in [0.5, 0.6) is 0 Å². The number of aryl methyl sites for hydroxylation is 1. The number of alkyl halides is 5. The van der Waals surface area contributed by atoms with E-state index in [0.717, 1.165) is 6.07 Å². The van der Waals surface area contributed by atoms with Gasteiger partial charge in [0.05, 0.1) is 11.1 Å². The topological polar surface area (TPSA) is 71.9 Å². The number of hydrogen-bond acceptors (Lipinski definition) is 5. The highest BCUT2D eigenvalue weighted by Gasteiger charge is 2.42. The summed E-state index contributed by atoms with van der Waals surface area (Å²) in [6, 6.07) is 6.17. The highest BCUT2D eigenvalue weighted by atomic mass is 19.4. The molecule has 1 saturated heterocycles. The molecule has 1 unspecified atom stereocenters. The third-order valence-electron chi connectivity index (χ3n) is 5.66. The van der Waals surface area contributed by atoms with E-state index in [1.807, 2.05) is 0 Å². The van der Waals surface area contributed by atoms with Crippen molar-refractivity contribution >= 4 is 5.91 Å². The second-order valence-electron chi connectivity index (χ2n) is 8.01. The fourth-order valence-corrected chi connectivity index (χ4v) is 3.93. The van der Waals surface area contributed by atoms with E-state index in [1.54, 1.807) is 18.2 Å². The lowest BCUT2D eigenvalue weighted by Gasteiger charge is -2.39. The van der Waals surface area contributed by atoms with Crippen molar-refractivity contribution in [1.29, 1.82) is 0 Å². The van der Waals surface area contributed by atoms with Gasteiger partial charge in [0.2, 0.25) is 0 Å². The van der Waals surface area contributed by atoms with Crippen molar-refractivity contribution in [3.63, 3.8) is 0 Å². The third kappa shape index (κ3) is 5.35. The number of pyridine rings is 2. The molecule has 4 heterocycles. The summed E-state index contributed by atoms with van der Waals surface area (Å²) >= 11 is 0. The molecule has 4 rings (SSSR count). The van der Waals surface area contributed by atoms with Crippen LogP contribution in [-0.2, 0) is 12.6 Å². The molecule has 0 bridgehead atoms. The van der Waals surface area contributed by atoms with Gasteiger partial charge in [-0.3, -0.25) is 14.8 Å². The predicted octanol–water partition coefficient (Wildman–Crippen LogP) is 4.83. The first-order chi connectivity index (χ1) is 16.1. The summed E-state index contributed by atoms with van der Waals surface area (Å²) in [5.41, 5.74) is -0.126. The number of halogens is 5. The van der Waals surface area contributed by atoms with Gasteiger partial charge in [0.25, 0.3) is 11.8 Å². The molecule has 3 aromatic heterocycles. The predicted molar refractivity (Wildman–Crippen MR) is 112 cm³/mol. The van der Waals surface area contributed by atoms with Crippen LogP contribution in [0.15, 0.2) is 55.1 Å². The molecule has 11 heteroatoms. The number of aromatic nitrogens is 4.